The molecular weight excluding hydrogens is 362 g/mol. The van der Waals surface area contributed by atoms with Crippen molar-refractivity contribution in [3.05, 3.63) is 23.8 Å². The summed E-state index contributed by atoms with van der Waals surface area (Å²) < 4.78 is 16.0. The van der Waals surface area contributed by atoms with Gasteiger partial charge in [0.1, 0.15) is 6.04 Å². The third kappa shape index (κ3) is 6.70. The number of nitrogens with one attached hydrogen (secondary N) is 3. The summed E-state index contributed by atoms with van der Waals surface area (Å²) >= 11 is 0. The molecule has 1 heterocycles. The lowest BCUT2D eigenvalue weighted by Crippen LogP contribution is -2.51. The van der Waals surface area contributed by atoms with Gasteiger partial charge in [0.05, 0.1) is 20.3 Å². The van der Waals surface area contributed by atoms with Crippen molar-refractivity contribution >= 4 is 24.2 Å². The van der Waals surface area contributed by atoms with Gasteiger partial charge in [-0.1, -0.05) is 6.07 Å². The third-order valence-corrected chi connectivity index (χ3v) is 3.67. The lowest BCUT2D eigenvalue weighted by Gasteiger charge is -2.23. The maximum atomic E-state index is 12.1. The molecule has 1 atom stereocenters. The first kappa shape index (κ1) is 22.0. The van der Waals surface area contributed by atoms with Crippen LogP contribution >= 0.6 is 12.4 Å². The summed E-state index contributed by atoms with van der Waals surface area (Å²) in [6.45, 7) is 4.36. The number of benzene rings is 1. The van der Waals surface area contributed by atoms with E-state index in [0.29, 0.717) is 44.3 Å². The summed E-state index contributed by atoms with van der Waals surface area (Å²) in [5.74, 6) is 0.694. The molecule has 0 radical (unpaired) electrons. The zero-order chi connectivity index (χ0) is 18.1. The van der Waals surface area contributed by atoms with Gasteiger partial charge in [-0.15, -0.1) is 12.4 Å². The monoisotopic (exact) mass is 387 g/mol. The van der Waals surface area contributed by atoms with Crippen LogP contribution in [0.5, 0.6) is 11.5 Å². The van der Waals surface area contributed by atoms with E-state index in [-0.39, 0.29) is 36.9 Å². The van der Waals surface area contributed by atoms with E-state index >= 15 is 0 Å². The summed E-state index contributed by atoms with van der Waals surface area (Å²) in [7, 11) is 1.53. The van der Waals surface area contributed by atoms with Gasteiger partial charge in [-0.2, -0.15) is 0 Å². The Morgan fingerprint density at radius 3 is 2.77 bits per heavy atom. The molecule has 0 aliphatic carbocycles. The van der Waals surface area contributed by atoms with Gasteiger partial charge in [0.25, 0.3) is 5.91 Å². The Bertz CT molecular complexity index is 594. The quantitative estimate of drug-likeness (QED) is 0.591. The molecule has 3 N–H and O–H groups in total. The molecule has 1 aromatic carbocycles. The Balaban J connectivity index is 0.00000338. The van der Waals surface area contributed by atoms with Gasteiger partial charge in [0, 0.05) is 19.6 Å². The van der Waals surface area contributed by atoms with Crippen molar-refractivity contribution in [3.8, 4) is 11.5 Å². The first-order valence-electron chi connectivity index (χ1n) is 8.29. The first-order valence-corrected chi connectivity index (χ1v) is 8.29. The Morgan fingerprint density at radius 1 is 1.31 bits per heavy atom. The highest BCUT2D eigenvalue weighted by Gasteiger charge is 2.20. The van der Waals surface area contributed by atoms with Crippen molar-refractivity contribution in [2.45, 2.75) is 19.5 Å². The van der Waals surface area contributed by atoms with Crippen molar-refractivity contribution in [1.29, 1.82) is 0 Å². The van der Waals surface area contributed by atoms with Crippen LogP contribution in [0.3, 0.4) is 0 Å². The smallest absolute Gasteiger partial charge is 0.257 e. The third-order valence-electron chi connectivity index (χ3n) is 3.67. The van der Waals surface area contributed by atoms with Crippen LogP contribution in [0.15, 0.2) is 18.2 Å². The Morgan fingerprint density at radius 2 is 2.12 bits per heavy atom. The summed E-state index contributed by atoms with van der Waals surface area (Å²) in [6, 6.07) is 5.00. The number of morpholine rings is 1. The van der Waals surface area contributed by atoms with Gasteiger partial charge in [-0.3, -0.25) is 9.59 Å². The van der Waals surface area contributed by atoms with E-state index in [9.17, 15) is 9.59 Å². The average molecular weight is 388 g/mol. The number of methoxy groups -OCH3 is 1. The molecule has 1 aliphatic rings. The predicted molar refractivity (Wildman–Crippen MR) is 98.9 cm³/mol. The molecular formula is C17H26ClN3O5. The molecule has 2 rings (SSSR count). The zero-order valence-corrected chi connectivity index (χ0v) is 15.8. The SMILES string of the molecule is CCNC(=O)COc1ccc(CNC(=O)C2COCCN2)cc1OC.Cl. The number of carbonyl (C=O) groups excluding carboxylic acids is 2. The van der Waals surface area contributed by atoms with E-state index in [1.807, 2.05) is 13.0 Å². The fourth-order valence-corrected chi connectivity index (χ4v) is 2.38. The van der Waals surface area contributed by atoms with Gasteiger partial charge >= 0.3 is 0 Å². The summed E-state index contributed by atoms with van der Waals surface area (Å²) in [6.07, 6.45) is 0. The zero-order valence-electron chi connectivity index (χ0n) is 15.0. The van der Waals surface area contributed by atoms with Crippen molar-refractivity contribution < 1.29 is 23.8 Å². The lowest BCUT2D eigenvalue weighted by molar-refractivity contribution is -0.126. The maximum Gasteiger partial charge on any atom is 0.257 e. The number of likely N-dealkylation sites (N-methyl/N-ethyl adjacent to an activating group) is 1. The van der Waals surface area contributed by atoms with Crippen LogP contribution in [0, 0.1) is 0 Å². The van der Waals surface area contributed by atoms with E-state index in [2.05, 4.69) is 16.0 Å². The fourth-order valence-electron chi connectivity index (χ4n) is 2.38. The predicted octanol–water partition coefficient (Wildman–Crippen LogP) is 0.237. The van der Waals surface area contributed by atoms with Crippen LogP contribution in [0.4, 0.5) is 0 Å². The number of carbonyl (C=O) groups is 2. The van der Waals surface area contributed by atoms with Gasteiger partial charge in [0.2, 0.25) is 5.91 Å². The number of halogens is 1. The van der Waals surface area contributed by atoms with Crippen molar-refractivity contribution in [2.75, 3.05) is 40.0 Å². The second-order valence-corrected chi connectivity index (χ2v) is 5.53. The fraction of sp³-hybridized carbons (Fsp3) is 0.529. The normalized spacial score (nSPS) is 16.2. The molecule has 9 heteroatoms. The van der Waals surface area contributed by atoms with Crippen LogP contribution in [-0.2, 0) is 20.9 Å². The molecule has 1 saturated heterocycles. The molecule has 26 heavy (non-hydrogen) atoms. The van der Waals surface area contributed by atoms with Crippen molar-refractivity contribution in [2.24, 2.45) is 0 Å². The molecule has 0 saturated carbocycles. The number of hydrogen-bond acceptors (Lipinski definition) is 6. The van der Waals surface area contributed by atoms with E-state index < -0.39 is 0 Å². The van der Waals surface area contributed by atoms with Gasteiger partial charge < -0.3 is 30.2 Å². The Kier molecular flexibility index (Phi) is 9.79. The van der Waals surface area contributed by atoms with E-state index in [1.165, 1.54) is 7.11 Å². The maximum absolute atomic E-state index is 12.1. The van der Waals surface area contributed by atoms with Gasteiger partial charge in [0.15, 0.2) is 18.1 Å². The minimum absolute atomic E-state index is 0. The van der Waals surface area contributed by atoms with Gasteiger partial charge in [-0.05, 0) is 24.6 Å². The highest BCUT2D eigenvalue weighted by molar-refractivity contribution is 5.85. The molecule has 1 unspecified atom stereocenters. The van der Waals surface area contributed by atoms with Crippen LogP contribution in [0.1, 0.15) is 12.5 Å². The molecule has 1 fully saturated rings. The van der Waals surface area contributed by atoms with Crippen LogP contribution < -0.4 is 25.4 Å². The second-order valence-electron chi connectivity index (χ2n) is 5.53. The molecule has 8 nitrogen and oxygen atoms in total. The van der Waals surface area contributed by atoms with E-state index in [4.69, 9.17) is 14.2 Å². The Hall–Kier alpha value is -2.03. The van der Waals surface area contributed by atoms with Crippen LogP contribution in [0.25, 0.3) is 0 Å². The summed E-state index contributed by atoms with van der Waals surface area (Å²) in [5.41, 5.74) is 0.868. The highest BCUT2D eigenvalue weighted by atomic mass is 35.5. The van der Waals surface area contributed by atoms with Crippen LogP contribution in [0.2, 0.25) is 0 Å². The van der Waals surface area contributed by atoms with Crippen molar-refractivity contribution in [1.82, 2.24) is 16.0 Å². The summed E-state index contributed by atoms with van der Waals surface area (Å²) in [5, 5.41) is 8.63. The molecule has 146 valence electrons. The number of amides is 2. The molecule has 2 amide bonds. The van der Waals surface area contributed by atoms with Gasteiger partial charge in [-0.25, -0.2) is 0 Å². The molecule has 0 bridgehead atoms. The molecule has 0 aromatic heterocycles. The van der Waals surface area contributed by atoms with Crippen molar-refractivity contribution in [3.63, 3.8) is 0 Å². The van der Waals surface area contributed by atoms with E-state index in [0.717, 1.165) is 5.56 Å². The largest absolute Gasteiger partial charge is 0.493 e. The first-order chi connectivity index (χ1) is 12.1. The highest BCUT2D eigenvalue weighted by Crippen LogP contribution is 2.28. The lowest BCUT2D eigenvalue weighted by atomic mass is 10.2. The molecule has 1 aromatic rings. The standard InChI is InChI=1S/C17H25N3O5.ClH/c1-3-18-16(21)11-25-14-5-4-12(8-15(14)23-2)9-20-17(22)13-10-24-7-6-19-13;/h4-5,8,13,19H,3,6-7,9-11H2,1-2H3,(H,18,21)(H,20,22);1H. The number of hydrogen-bond donors (Lipinski definition) is 3. The van der Waals surface area contributed by atoms with E-state index in [1.54, 1.807) is 12.1 Å². The minimum Gasteiger partial charge on any atom is -0.493 e. The Labute approximate surface area is 159 Å². The number of rotatable bonds is 8. The number of ether oxygens (including phenoxy) is 3. The summed E-state index contributed by atoms with van der Waals surface area (Å²) in [4.78, 5) is 23.5. The second kappa shape index (κ2) is 11.6. The average Bonchev–Trinajstić information content (AvgIpc) is 2.65. The minimum atomic E-state index is -0.324. The molecule has 1 aliphatic heterocycles. The van der Waals surface area contributed by atoms with Crippen LogP contribution in [-0.4, -0.2) is 57.9 Å². The topological polar surface area (TPSA) is 97.9 Å². The molecule has 0 spiro atoms.